The maximum absolute atomic E-state index is 5.54. The number of nitrogen functional groups attached to an aromatic ring is 1. The number of nitrogens with zero attached hydrogens (tertiary/aromatic N) is 1. The van der Waals surface area contributed by atoms with Gasteiger partial charge in [-0.2, -0.15) is 0 Å². The van der Waals surface area contributed by atoms with Crippen LogP contribution in [0.15, 0.2) is 23.2 Å². The van der Waals surface area contributed by atoms with E-state index in [9.17, 15) is 0 Å². The van der Waals surface area contributed by atoms with Crippen molar-refractivity contribution in [3.63, 3.8) is 0 Å². The molecule has 1 fully saturated rings. The molecule has 2 rings (SSSR count). The molecule has 3 nitrogen and oxygen atoms in total. The highest BCUT2D eigenvalue weighted by Crippen LogP contribution is 2.28. The number of hydrogen-bond acceptors (Lipinski definition) is 4. The maximum Gasteiger partial charge on any atom is 0.124 e. The van der Waals surface area contributed by atoms with Gasteiger partial charge in [0.25, 0.3) is 0 Å². The number of thioether (sulfide) groups is 1. The Labute approximate surface area is 75.3 Å². The second-order valence-electron chi connectivity index (χ2n) is 2.69. The lowest BCUT2D eigenvalue weighted by Gasteiger charge is -2.25. The molecular weight excluding hydrogens is 172 g/mol. The number of aromatic nitrogens is 1. The van der Waals surface area contributed by atoms with Crippen molar-refractivity contribution < 1.29 is 4.74 Å². The third-order valence-corrected chi connectivity index (χ3v) is 2.79. The smallest absolute Gasteiger partial charge is 0.124 e. The van der Waals surface area contributed by atoms with Gasteiger partial charge in [-0.3, -0.25) is 0 Å². The minimum Gasteiger partial charge on any atom is -0.384 e. The summed E-state index contributed by atoms with van der Waals surface area (Å²) in [5.74, 6) is 0.584. The zero-order valence-corrected chi connectivity index (χ0v) is 7.38. The van der Waals surface area contributed by atoms with Crippen LogP contribution in [0, 0.1) is 0 Å². The fourth-order valence-corrected chi connectivity index (χ4v) is 2.02. The molecule has 1 aromatic rings. The number of rotatable bonds is 2. The Morgan fingerprint density at radius 1 is 1.58 bits per heavy atom. The zero-order valence-electron chi connectivity index (χ0n) is 6.56. The molecule has 4 heteroatoms. The average Bonchev–Trinajstić information content (AvgIpc) is 1.97. The third kappa shape index (κ3) is 1.70. The Bertz CT molecular complexity index is 276. The highest BCUT2D eigenvalue weighted by atomic mass is 32.2. The van der Waals surface area contributed by atoms with Crippen molar-refractivity contribution in [2.45, 2.75) is 10.1 Å². The summed E-state index contributed by atoms with van der Waals surface area (Å²) in [7, 11) is 0. The predicted molar refractivity (Wildman–Crippen MR) is 49.1 cm³/mol. The first-order chi connectivity index (χ1) is 5.84. The van der Waals surface area contributed by atoms with Gasteiger partial charge < -0.3 is 10.5 Å². The van der Waals surface area contributed by atoms with E-state index in [0.29, 0.717) is 11.1 Å². The number of nitrogens with two attached hydrogens (primary N) is 1. The van der Waals surface area contributed by atoms with Crippen molar-refractivity contribution in [3.8, 4) is 0 Å². The van der Waals surface area contributed by atoms with Crippen molar-refractivity contribution in [3.05, 3.63) is 18.3 Å². The molecule has 0 radical (unpaired) electrons. The molecule has 0 bridgehead atoms. The summed E-state index contributed by atoms with van der Waals surface area (Å²) in [6.07, 6.45) is 1.73. The third-order valence-electron chi connectivity index (χ3n) is 1.66. The van der Waals surface area contributed by atoms with Crippen LogP contribution in [0.25, 0.3) is 0 Å². The Balaban J connectivity index is 2.02. The predicted octanol–water partition coefficient (Wildman–Crippen LogP) is 1.15. The van der Waals surface area contributed by atoms with Crippen LogP contribution in [0.3, 0.4) is 0 Å². The van der Waals surface area contributed by atoms with Crippen LogP contribution in [0.2, 0.25) is 0 Å². The van der Waals surface area contributed by atoms with Crippen LogP contribution in [-0.2, 0) is 4.74 Å². The SMILES string of the molecule is Nc1cc(SC2COC2)ccn1. The molecular formula is C8H10N2OS. The molecule has 1 aromatic heterocycles. The van der Waals surface area contributed by atoms with E-state index in [4.69, 9.17) is 10.5 Å². The second-order valence-corrected chi connectivity index (χ2v) is 4.07. The van der Waals surface area contributed by atoms with Gasteiger partial charge >= 0.3 is 0 Å². The topological polar surface area (TPSA) is 48.1 Å². The van der Waals surface area contributed by atoms with Gasteiger partial charge in [0.15, 0.2) is 0 Å². The first-order valence-electron chi connectivity index (χ1n) is 3.80. The van der Waals surface area contributed by atoms with Crippen LogP contribution in [0.5, 0.6) is 0 Å². The van der Waals surface area contributed by atoms with Crippen LogP contribution in [0.1, 0.15) is 0 Å². The minimum atomic E-state index is 0.584. The van der Waals surface area contributed by atoms with Crippen molar-refractivity contribution in [1.82, 2.24) is 4.98 Å². The molecule has 0 aliphatic carbocycles. The second kappa shape index (κ2) is 3.33. The molecule has 0 aromatic carbocycles. The normalized spacial score (nSPS) is 17.3. The summed E-state index contributed by atoms with van der Waals surface area (Å²) in [5, 5.41) is 0.604. The number of anilines is 1. The summed E-state index contributed by atoms with van der Waals surface area (Å²) < 4.78 is 5.07. The molecule has 64 valence electrons. The standard InChI is InChI=1S/C8H10N2OS/c9-8-3-6(1-2-10-8)12-7-4-11-5-7/h1-3,7H,4-5H2,(H2,9,10). The van der Waals surface area contributed by atoms with Gasteiger partial charge in [-0.05, 0) is 12.1 Å². The Kier molecular flexibility index (Phi) is 2.19. The molecule has 1 saturated heterocycles. The van der Waals surface area contributed by atoms with Crippen LogP contribution < -0.4 is 5.73 Å². The lowest BCUT2D eigenvalue weighted by molar-refractivity contribution is 0.0455. The van der Waals surface area contributed by atoms with E-state index >= 15 is 0 Å². The molecule has 1 aliphatic rings. The van der Waals surface area contributed by atoms with Crippen molar-refractivity contribution in [2.75, 3.05) is 18.9 Å². The van der Waals surface area contributed by atoms with Crippen LogP contribution in [-0.4, -0.2) is 23.4 Å². The van der Waals surface area contributed by atoms with Gasteiger partial charge in [0.05, 0.1) is 18.5 Å². The van der Waals surface area contributed by atoms with Gasteiger partial charge in [0.1, 0.15) is 5.82 Å². The first kappa shape index (κ1) is 7.89. The fourth-order valence-electron chi connectivity index (χ4n) is 0.976. The largest absolute Gasteiger partial charge is 0.384 e. The molecule has 0 spiro atoms. The lowest BCUT2D eigenvalue weighted by Crippen LogP contribution is -2.30. The van der Waals surface area contributed by atoms with Gasteiger partial charge in [-0.25, -0.2) is 4.98 Å². The van der Waals surface area contributed by atoms with Crippen LogP contribution >= 0.6 is 11.8 Å². The van der Waals surface area contributed by atoms with E-state index in [1.54, 1.807) is 18.0 Å². The fraction of sp³-hybridized carbons (Fsp3) is 0.375. The zero-order chi connectivity index (χ0) is 8.39. The highest BCUT2D eigenvalue weighted by Gasteiger charge is 2.19. The summed E-state index contributed by atoms with van der Waals surface area (Å²) in [6.45, 7) is 1.71. The summed E-state index contributed by atoms with van der Waals surface area (Å²) in [4.78, 5) is 5.10. The number of hydrogen-bond donors (Lipinski definition) is 1. The van der Waals surface area contributed by atoms with Crippen LogP contribution in [0.4, 0.5) is 5.82 Å². The van der Waals surface area contributed by atoms with Crippen molar-refractivity contribution in [2.24, 2.45) is 0 Å². The van der Waals surface area contributed by atoms with E-state index in [1.165, 1.54) is 4.90 Å². The lowest BCUT2D eigenvalue weighted by atomic mass is 10.4. The molecule has 2 N–H and O–H groups in total. The first-order valence-corrected chi connectivity index (χ1v) is 4.68. The summed E-state index contributed by atoms with van der Waals surface area (Å²) >= 11 is 1.80. The van der Waals surface area contributed by atoms with Crippen molar-refractivity contribution in [1.29, 1.82) is 0 Å². The Morgan fingerprint density at radius 3 is 3.00 bits per heavy atom. The molecule has 2 heterocycles. The summed E-state index contributed by atoms with van der Waals surface area (Å²) in [5.41, 5.74) is 5.54. The molecule has 12 heavy (non-hydrogen) atoms. The summed E-state index contributed by atoms with van der Waals surface area (Å²) in [6, 6.07) is 3.86. The van der Waals surface area contributed by atoms with Gasteiger partial charge in [-0.15, -0.1) is 11.8 Å². The molecule has 0 unspecified atom stereocenters. The minimum absolute atomic E-state index is 0.584. The van der Waals surface area contributed by atoms with E-state index in [-0.39, 0.29) is 0 Å². The average molecular weight is 182 g/mol. The maximum atomic E-state index is 5.54. The quantitative estimate of drug-likeness (QED) is 0.745. The molecule has 1 aliphatic heterocycles. The highest BCUT2D eigenvalue weighted by molar-refractivity contribution is 8.00. The van der Waals surface area contributed by atoms with E-state index in [2.05, 4.69) is 4.98 Å². The number of ether oxygens (including phenoxy) is 1. The van der Waals surface area contributed by atoms with Gasteiger partial charge in [-0.1, -0.05) is 0 Å². The molecule has 0 saturated carbocycles. The van der Waals surface area contributed by atoms with Gasteiger partial charge in [0.2, 0.25) is 0 Å². The molecule has 0 amide bonds. The molecule has 0 atom stereocenters. The van der Waals surface area contributed by atoms with E-state index < -0.39 is 0 Å². The van der Waals surface area contributed by atoms with Crippen molar-refractivity contribution >= 4 is 17.6 Å². The number of pyridine rings is 1. The Hall–Kier alpha value is -0.740. The van der Waals surface area contributed by atoms with Gasteiger partial charge in [0, 0.05) is 11.1 Å². The van der Waals surface area contributed by atoms with E-state index in [1.807, 2.05) is 12.1 Å². The Morgan fingerprint density at radius 2 is 2.42 bits per heavy atom. The van der Waals surface area contributed by atoms with E-state index in [0.717, 1.165) is 13.2 Å². The monoisotopic (exact) mass is 182 g/mol.